The van der Waals surface area contributed by atoms with Gasteiger partial charge in [-0.2, -0.15) is 5.10 Å². The minimum absolute atomic E-state index is 0.00595. The molecule has 26 heavy (non-hydrogen) atoms. The Balaban J connectivity index is 1.49. The highest BCUT2D eigenvalue weighted by molar-refractivity contribution is 8.01. The number of benzene rings is 1. The molecule has 0 radical (unpaired) electrons. The SMILES string of the molecule is Cc1cc(C)n(CC(=O)NNC(=O)C[C@@H]2Sc3ccccc3NC2=O)n1. The van der Waals surface area contributed by atoms with Gasteiger partial charge in [0.1, 0.15) is 6.54 Å². The number of nitrogens with one attached hydrogen (secondary N) is 3. The predicted molar refractivity (Wildman–Crippen MR) is 97.3 cm³/mol. The highest BCUT2D eigenvalue weighted by Gasteiger charge is 2.28. The number of amides is 3. The largest absolute Gasteiger partial charge is 0.324 e. The number of thioether (sulfide) groups is 1. The number of para-hydroxylation sites is 1. The van der Waals surface area contributed by atoms with E-state index in [0.717, 1.165) is 22.0 Å². The summed E-state index contributed by atoms with van der Waals surface area (Å²) in [6.45, 7) is 3.70. The molecule has 136 valence electrons. The van der Waals surface area contributed by atoms with E-state index in [0.29, 0.717) is 0 Å². The van der Waals surface area contributed by atoms with Crippen LogP contribution in [0.25, 0.3) is 0 Å². The summed E-state index contributed by atoms with van der Waals surface area (Å²) < 4.78 is 1.55. The first-order valence-corrected chi connectivity index (χ1v) is 8.95. The van der Waals surface area contributed by atoms with E-state index in [2.05, 4.69) is 21.3 Å². The lowest BCUT2D eigenvalue weighted by Crippen LogP contribution is -2.45. The van der Waals surface area contributed by atoms with Gasteiger partial charge in [0.15, 0.2) is 0 Å². The summed E-state index contributed by atoms with van der Waals surface area (Å²) in [6.07, 6.45) is -0.0367. The van der Waals surface area contributed by atoms with Crippen molar-refractivity contribution in [3.05, 3.63) is 41.7 Å². The van der Waals surface area contributed by atoms with Gasteiger partial charge < -0.3 is 5.32 Å². The summed E-state index contributed by atoms with van der Waals surface area (Å²) in [7, 11) is 0. The highest BCUT2D eigenvalue weighted by atomic mass is 32.2. The summed E-state index contributed by atoms with van der Waals surface area (Å²) in [5.74, 6) is -1.05. The van der Waals surface area contributed by atoms with Crippen molar-refractivity contribution < 1.29 is 14.4 Å². The monoisotopic (exact) mass is 373 g/mol. The second-order valence-electron chi connectivity index (χ2n) is 5.98. The molecule has 8 nitrogen and oxygen atoms in total. The van der Waals surface area contributed by atoms with E-state index in [4.69, 9.17) is 0 Å². The van der Waals surface area contributed by atoms with Crippen LogP contribution < -0.4 is 16.2 Å². The fourth-order valence-corrected chi connectivity index (χ4v) is 3.71. The third kappa shape index (κ3) is 4.23. The average molecular weight is 373 g/mol. The summed E-state index contributed by atoms with van der Waals surface area (Å²) >= 11 is 1.34. The molecule has 0 fully saturated rings. The van der Waals surface area contributed by atoms with Crippen molar-refractivity contribution in [2.45, 2.75) is 37.0 Å². The molecule has 9 heteroatoms. The molecule has 2 aromatic rings. The molecule has 0 saturated carbocycles. The average Bonchev–Trinajstić information content (AvgIpc) is 2.91. The molecule has 1 aromatic heterocycles. The number of carbonyl (C=O) groups is 3. The van der Waals surface area contributed by atoms with Crippen LogP contribution in [0.15, 0.2) is 35.2 Å². The summed E-state index contributed by atoms with van der Waals surface area (Å²) in [5, 5.41) is 6.43. The van der Waals surface area contributed by atoms with Gasteiger partial charge in [-0.3, -0.25) is 29.9 Å². The van der Waals surface area contributed by atoms with Crippen molar-refractivity contribution in [2.24, 2.45) is 0 Å². The van der Waals surface area contributed by atoms with E-state index in [1.165, 1.54) is 11.8 Å². The maximum atomic E-state index is 12.1. The molecule has 2 heterocycles. The number of hydrogen-bond acceptors (Lipinski definition) is 5. The minimum atomic E-state index is -0.544. The van der Waals surface area contributed by atoms with Crippen molar-refractivity contribution in [1.82, 2.24) is 20.6 Å². The molecule has 0 saturated heterocycles. The summed E-state index contributed by atoms with van der Waals surface area (Å²) in [5.41, 5.74) is 7.12. The first kappa shape index (κ1) is 18.0. The standard InChI is InChI=1S/C17H19N5O3S/c1-10-7-11(2)22(21-10)9-16(24)20-19-15(23)8-14-17(25)18-12-5-3-4-6-13(12)26-14/h3-7,14H,8-9H2,1-2H3,(H,18,25)(H,19,23)(H,20,24)/t14-/m0/s1. The molecule has 1 aromatic carbocycles. The van der Waals surface area contributed by atoms with Crippen molar-refractivity contribution >= 4 is 35.2 Å². The Morgan fingerprint density at radius 1 is 1.23 bits per heavy atom. The second-order valence-corrected chi connectivity index (χ2v) is 7.22. The lowest BCUT2D eigenvalue weighted by molar-refractivity contribution is -0.129. The number of fused-ring (bicyclic) bond motifs is 1. The van der Waals surface area contributed by atoms with Crippen LogP contribution in [0.4, 0.5) is 5.69 Å². The first-order valence-electron chi connectivity index (χ1n) is 8.07. The topological polar surface area (TPSA) is 105 Å². The smallest absolute Gasteiger partial charge is 0.260 e. The van der Waals surface area contributed by atoms with Crippen molar-refractivity contribution in [1.29, 1.82) is 0 Å². The molecule has 1 atom stereocenters. The summed E-state index contributed by atoms with van der Waals surface area (Å²) in [6, 6.07) is 9.28. The maximum Gasteiger partial charge on any atom is 0.260 e. The molecular weight excluding hydrogens is 354 g/mol. The van der Waals surface area contributed by atoms with Gasteiger partial charge >= 0.3 is 0 Å². The zero-order valence-corrected chi connectivity index (χ0v) is 15.2. The van der Waals surface area contributed by atoms with Gasteiger partial charge in [0.2, 0.25) is 11.8 Å². The molecular formula is C17H19N5O3S. The van der Waals surface area contributed by atoms with Crippen LogP contribution in [-0.4, -0.2) is 32.8 Å². The van der Waals surface area contributed by atoms with Gasteiger partial charge in [0.05, 0.1) is 16.6 Å². The molecule has 0 unspecified atom stereocenters. The zero-order chi connectivity index (χ0) is 18.7. The van der Waals surface area contributed by atoms with Gasteiger partial charge in [0.25, 0.3) is 5.91 Å². The van der Waals surface area contributed by atoms with Crippen LogP contribution in [0.5, 0.6) is 0 Å². The number of rotatable bonds is 4. The molecule has 0 spiro atoms. The minimum Gasteiger partial charge on any atom is -0.324 e. The number of nitrogens with zero attached hydrogens (tertiary/aromatic N) is 2. The van der Waals surface area contributed by atoms with E-state index in [1.54, 1.807) is 4.68 Å². The Morgan fingerprint density at radius 2 is 1.96 bits per heavy atom. The third-order valence-electron chi connectivity index (χ3n) is 3.82. The van der Waals surface area contributed by atoms with Crippen LogP contribution >= 0.6 is 11.8 Å². The van der Waals surface area contributed by atoms with E-state index in [-0.39, 0.29) is 18.9 Å². The van der Waals surface area contributed by atoms with Crippen molar-refractivity contribution in [3.63, 3.8) is 0 Å². The van der Waals surface area contributed by atoms with E-state index < -0.39 is 17.1 Å². The quantitative estimate of drug-likeness (QED) is 0.698. The van der Waals surface area contributed by atoms with Crippen molar-refractivity contribution in [3.8, 4) is 0 Å². The predicted octanol–water partition coefficient (Wildman–Crippen LogP) is 1.15. The molecule has 0 aliphatic carbocycles. The number of hydrazine groups is 1. The number of aromatic nitrogens is 2. The Bertz CT molecular complexity index is 864. The fraction of sp³-hybridized carbons (Fsp3) is 0.294. The second kappa shape index (κ2) is 7.61. The van der Waals surface area contributed by atoms with Gasteiger partial charge in [0, 0.05) is 17.0 Å². The fourth-order valence-electron chi connectivity index (χ4n) is 2.60. The first-order chi connectivity index (χ1) is 12.4. The van der Waals surface area contributed by atoms with E-state index in [9.17, 15) is 14.4 Å². The Kier molecular flexibility index (Phi) is 5.27. The molecule has 1 aliphatic heterocycles. The van der Waals surface area contributed by atoms with Gasteiger partial charge in [-0.25, -0.2) is 0 Å². The molecule has 0 bridgehead atoms. The van der Waals surface area contributed by atoms with Crippen LogP contribution in [0.3, 0.4) is 0 Å². The molecule has 3 rings (SSSR count). The number of aryl methyl sites for hydroxylation is 2. The Hall–Kier alpha value is -2.81. The maximum absolute atomic E-state index is 12.1. The zero-order valence-electron chi connectivity index (χ0n) is 14.4. The van der Waals surface area contributed by atoms with Gasteiger partial charge in [-0.1, -0.05) is 12.1 Å². The third-order valence-corrected chi connectivity index (χ3v) is 5.09. The summed E-state index contributed by atoms with van der Waals surface area (Å²) in [4.78, 5) is 37.0. The van der Waals surface area contributed by atoms with Crippen molar-refractivity contribution in [2.75, 3.05) is 5.32 Å². The van der Waals surface area contributed by atoms with E-state index >= 15 is 0 Å². The molecule has 1 aliphatic rings. The number of hydrogen-bond donors (Lipinski definition) is 3. The number of carbonyl (C=O) groups excluding carboxylic acids is 3. The Labute approximate surface area is 154 Å². The lowest BCUT2D eigenvalue weighted by Gasteiger charge is -2.23. The van der Waals surface area contributed by atoms with Gasteiger partial charge in [-0.15, -0.1) is 11.8 Å². The van der Waals surface area contributed by atoms with Crippen LogP contribution in [0.1, 0.15) is 17.8 Å². The van der Waals surface area contributed by atoms with Crippen LogP contribution in [0.2, 0.25) is 0 Å². The van der Waals surface area contributed by atoms with Crippen LogP contribution in [0, 0.1) is 13.8 Å². The van der Waals surface area contributed by atoms with Gasteiger partial charge in [-0.05, 0) is 32.0 Å². The number of anilines is 1. The molecule has 3 amide bonds. The molecule has 3 N–H and O–H groups in total. The highest BCUT2D eigenvalue weighted by Crippen LogP contribution is 2.36. The van der Waals surface area contributed by atoms with E-state index in [1.807, 2.05) is 44.2 Å². The van der Waals surface area contributed by atoms with Crippen LogP contribution in [-0.2, 0) is 20.9 Å². The lowest BCUT2D eigenvalue weighted by atomic mass is 10.2. The normalized spacial score (nSPS) is 15.8. The Morgan fingerprint density at radius 3 is 2.69 bits per heavy atom.